The van der Waals surface area contributed by atoms with Crippen LogP contribution in [0.15, 0.2) is 105 Å². The maximum atomic E-state index is 13.0. The molecule has 9 rings (SSSR count). The summed E-state index contributed by atoms with van der Waals surface area (Å²) >= 11 is 0. The fourth-order valence-corrected chi connectivity index (χ4v) is 8.65. The smallest absolute Gasteiger partial charge is 0.419 e. The first-order valence-corrected chi connectivity index (χ1v) is 19.5. The Bertz CT molecular complexity index is 2480. The Morgan fingerprint density at radius 2 is 1.67 bits per heavy atom. The molecule has 3 aliphatic heterocycles. The number of amides is 1. The number of aromatic amines is 1. The zero-order chi connectivity index (χ0) is 38.8. The average Bonchev–Trinajstić information content (AvgIpc) is 3.52. The lowest BCUT2D eigenvalue weighted by Gasteiger charge is -2.48. The number of aliphatic hydroxyl groups excluding tert-OH is 1. The number of benzene rings is 4. The minimum absolute atomic E-state index is 0. The van der Waals surface area contributed by atoms with Gasteiger partial charge in [-0.3, -0.25) is 23.7 Å². The molecular weight excluding hydrogens is 749 g/mol. The minimum Gasteiger partial charge on any atom is -0.506 e. The summed E-state index contributed by atoms with van der Waals surface area (Å²) in [6, 6.07) is 28.0. The Kier molecular flexibility index (Phi) is 13.1. The van der Waals surface area contributed by atoms with Crippen LogP contribution in [0.25, 0.3) is 33.1 Å². The molecule has 306 valence electrons. The molecule has 6 aromatic rings. The molecule has 3 saturated heterocycles. The highest BCUT2D eigenvalue weighted by molar-refractivity contribution is 5.94. The topological polar surface area (TPSA) is 164 Å². The van der Waals surface area contributed by atoms with Gasteiger partial charge >= 0.3 is 11.8 Å². The molecule has 0 aliphatic carbocycles. The van der Waals surface area contributed by atoms with Gasteiger partial charge in [0.1, 0.15) is 5.75 Å². The summed E-state index contributed by atoms with van der Waals surface area (Å²) in [6.07, 6.45) is 3.21. The second-order valence-electron chi connectivity index (χ2n) is 15.1. The predicted molar refractivity (Wildman–Crippen MR) is 222 cm³/mol. The van der Waals surface area contributed by atoms with Crippen molar-refractivity contribution in [3.63, 3.8) is 0 Å². The van der Waals surface area contributed by atoms with Crippen molar-refractivity contribution in [2.45, 2.75) is 57.2 Å². The van der Waals surface area contributed by atoms with Gasteiger partial charge in [0, 0.05) is 36.7 Å². The van der Waals surface area contributed by atoms with Gasteiger partial charge in [-0.25, -0.2) is 9.59 Å². The Labute approximate surface area is 333 Å². The SMILES string of the molecule is F.F.O=C(O)N(c1cc(CCCCn2c(=O)oc3cc(CCNC[C@H](O)c4ccc(O)c5[nH]c(=O)ccc45)ccc32)ccc1-c1ccccc1)C1CN2CCC1CC2. The van der Waals surface area contributed by atoms with E-state index in [1.54, 1.807) is 21.6 Å². The van der Waals surface area contributed by atoms with Crippen LogP contribution in [-0.2, 0) is 19.4 Å². The molecule has 12 nitrogen and oxygen atoms in total. The maximum Gasteiger partial charge on any atom is 0.419 e. The molecule has 3 fully saturated rings. The third kappa shape index (κ3) is 8.69. The number of H-pyrrole nitrogens is 1. The van der Waals surface area contributed by atoms with Crippen LogP contribution >= 0.6 is 0 Å². The van der Waals surface area contributed by atoms with Gasteiger partial charge in [-0.05, 0) is 117 Å². The number of aryl methyl sites for hydroxylation is 2. The lowest BCUT2D eigenvalue weighted by molar-refractivity contribution is 0.0837. The zero-order valence-corrected chi connectivity index (χ0v) is 32.0. The van der Waals surface area contributed by atoms with Crippen LogP contribution in [0.2, 0.25) is 0 Å². The third-order valence-corrected chi connectivity index (χ3v) is 11.6. The number of unbranched alkanes of at least 4 members (excludes halogenated alkanes) is 1. The molecule has 1 amide bonds. The Morgan fingerprint density at radius 3 is 2.41 bits per heavy atom. The number of piperidine rings is 3. The summed E-state index contributed by atoms with van der Waals surface area (Å²) < 4.78 is 7.32. The highest BCUT2D eigenvalue weighted by Gasteiger charge is 2.41. The van der Waals surface area contributed by atoms with E-state index < -0.39 is 18.0 Å². The number of phenolic OH excluding ortho intramolecular Hbond substituents is 1. The number of nitrogens with one attached hydrogen (secondary N) is 2. The third-order valence-electron chi connectivity index (χ3n) is 11.6. The van der Waals surface area contributed by atoms with Crippen molar-refractivity contribution in [3.8, 4) is 16.9 Å². The van der Waals surface area contributed by atoms with E-state index in [0.717, 1.165) is 85.2 Å². The number of rotatable bonds is 14. The molecule has 0 radical (unpaired) electrons. The van der Waals surface area contributed by atoms with Gasteiger partial charge in [-0.15, -0.1) is 0 Å². The lowest BCUT2D eigenvalue weighted by Crippen LogP contribution is -2.59. The molecular formula is C44H49F2N5O7. The average molecular weight is 798 g/mol. The van der Waals surface area contributed by atoms with Gasteiger partial charge in [0.05, 0.1) is 28.9 Å². The number of nitrogens with zero attached hydrogens (tertiary/aromatic N) is 3. The Balaban J connectivity index is 0.00000283. The number of carbonyl (C=O) groups is 1. The highest BCUT2D eigenvalue weighted by Crippen LogP contribution is 2.39. The summed E-state index contributed by atoms with van der Waals surface area (Å²) in [5.74, 6) is -0.0979. The fourth-order valence-electron chi connectivity index (χ4n) is 8.65. The number of aromatic hydroxyl groups is 1. The van der Waals surface area contributed by atoms with Crippen molar-refractivity contribution in [2.75, 3.05) is 37.6 Å². The van der Waals surface area contributed by atoms with Crippen LogP contribution < -0.4 is 21.5 Å². The molecule has 3 aliphatic rings. The zero-order valence-electron chi connectivity index (χ0n) is 32.0. The molecule has 58 heavy (non-hydrogen) atoms. The van der Waals surface area contributed by atoms with E-state index in [9.17, 15) is 29.7 Å². The molecule has 1 unspecified atom stereocenters. The molecule has 2 atom stereocenters. The standard InChI is InChI=1S/C44H47N5O7.2FH/c50-38-15-12-33(34-13-16-41(52)46-42(34)38)39(51)26-45-20-17-29-10-14-35-40(25-29)56-44(55)48(35)21-5-4-6-28-9-11-32(30-7-2-1-3-8-30)36(24-28)49(43(53)54)37-27-47-22-18-31(37)19-23-47;;/h1-3,7-16,24-25,31,37,39,45,50-51H,4-6,17-23,26-27H2,(H,46,52)(H,53,54);2*1H/t37?,39-;;/m0../s1. The van der Waals surface area contributed by atoms with Gasteiger partial charge in [0.2, 0.25) is 5.56 Å². The molecule has 2 bridgehead atoms. The van der Waals surface area contributed by atoms with Gasteiger partial charge < -0.3 is 34.9 Å². The van der Waals surface area contributed by atoms with Crippen LogP contribution in [-0.4, -0.2) is 74.6 Å². The van der Waals surface area contributed by atoms with Crippen molar-refractivity contribution in [3.05, 3.63) is 129 Å². The quantitative estimate of drug-likeness (QED) is 0.0767. The van der Waals surface area contributed by atoms with Gasteiger partial charge in [0.15, 0.2) is 5.58 Å². The maximum absolute atomic E-state index is 13.0. The highest BCUT2D eigenvalue weighted by atomic mass is 19.0. The van der Waals surface area contributed by atoms with E-state index in [4.69, 9.17) is 4.42 Å². The number of halogens is 2. The molecule has 0 saturated carbocycles. The van der Waals surface area contributed by atoms with Crippen molar-refractivity contribution < 1.29 is 33.9 Å². The minimum atomic E-state index is -0.914. The summed E-state index contributed by atoms with van der Waals surface area (Å²) in [5, 5.41) is 35.5. The number of aromatic nitrogens is 2. The van der Waals surface area contributed by atoms with Gasteiger partial charge in [0.25, 0.3) is 0 Å². The van der Waals surface area contributed by atoms with Gasteiger partial charge in [-0.2, -0.15) is 0 Å². The number of pyridine rings is 1. The summed E-state index contributed by atoms with van der Waals surface area (Å²) in [6.45, 7) is 4.17. The second-order valence-corrected chi connectivity index (χ2v) is 15.1. The molecule has 2 aromatic heterocycles. The number of phenols is 1. The summed E-state index contributed by atoms with van der Waals surface area (Å²) in [4.78, 5) is 44.3. The van der Waals surface area contributed by atoms with Crippen molar-refractivity contribution in [1.29, 1.82) is 0 Å². The van der Waals surface area contributed by atoms with E-state index in [2.05, 4.69) is 33.4 Å². The lowest BCUT2D eigenvalue weighted by atomic mass is 9.82. The van der Waals surface area contributed by atoms with Crippen LogP contribution in [0.5, 0.6) is 5.75 Å². The second kappa shape index (κ2) is 18.2. The number of hydrogen-bond acceptors (Lipinski definition) is 8. The van der Waals surface area contributed by atoms with E-state index in [1.807, 2.05) is 48.5 Å². The largest absolute Gasteiger partial charge is 0.506 e. The van der Waals surface area contributed by atoms with Crippen molar-refractivity contribution in [1.82, 2.24) is 19.8 Å². The monoisotopic (exact) mass is 797 g/mol. The molecule has 14 heteroatoms. The predicted octanol–water partition coefficient (Wildman–Crippen LogP) is 6.58. The number of aliphatic hydroxyl groups is 1. The van der Waals surface area contributed by atoms with Gasteiger partial charge in [-0.1, -0.05) is 54.6 Å². The fraction of sp³-hybridized carbons (Fsp3) is 0.341. The van der Waals surface area contributed by atoms with Crippen molar-refractivity contribution >= 4 is 33.8 Å². The van der Waals surface area contributed by atoms with E-state index >= 15 is 0 Å². The Hall–Kier alpha value is -5.83. The molecule has 4 aromatic carbocycles. The summed E-state index contributed by atoms with van der Waals surface area (Å²) in [7, 11) is 0. The number of oxazole rings is 1. The van der Waals surface area contributed by atoms with Crippen LogP contribution in [0, 0.1) is 5.92 Å². The van der Waals surface area contributed by atoms with E-state index in [0.29, 0.717) is 47.5 Å². The van der Waals surface area contributed by atoms with Crippen LogP contribution in [0.1, 0.15) is 48.5 Å². The number of anilines is 1. The van der Waals surface area contributed by atoms with Crippen LogP contribution in [0.4, 0.5) is 19.9 Å². The number of hydrogen-bond donors (Lipinski definition) is 5. The first-order chi connectivity index (χ1) is 27.2. The first-order valence-electron chi connectivity index (χ1n) is 19.5. The number of fused-ring (bicyclic) bond motifs is 5. The Morgan fingerprint density at radius 1 is 0.914 bits per heavy atom. The first kappa shape index (κ1) is 41.8. The molecule has 5 heterocycles. The van der Waals surface area contributed by atoms with Crippen molar-refractivity contribution in [2.24, 2.45) is 5.92 Å². The molecule has 0 spiro atoms. The van der Waals surface area contributed by atoms with Crippen LogP contribution in [0.3, 0.4) is 0 Å². The van der Waals surface area contributed by atoms with E-state index in [-0.39, 0.29) is 33.3 Å². The molecule has 5 N–H and O–H groups in total. The number of carboxylic acid groups (broad SMARTS) is 1. The summed E-state index contributed by atoms with van der Waals surface area (Å²) in [5.41, 5.74) is 6.52. The normalized spacial score (nSPS) is 17.8. The van der Waals surface area contributed by atoms with E-state index in [1.165, 1.54) is 12.1 Å².